The molecule has 1 saturated heterocycles. The minimum atomic E-state index is -0.135. The van der Waals surface area contributed by atoms with Gasteiger partial charge in [0.2, 0.25) is 0 Å². The van der Waals surface area contributed by atoms with Crippen molar-refractivity contribution in [3.05, 3.63) is 29.8 Å². The van der Waals surface area contributed by atoms with Gasteiger partial charge in [0.15, 0.2) is 0 Å². The number of para-hydroxylation sites is 1. The molecule has 1 heterocycles. The number of hydrogen-bond donors (Lipinski definition) is 1. The van der Waals surface area contributed by atoms with Crippen LogP contribution in [-0.2, 0) is 16.0 Å². The number of carbonyl (C=O) groups excluding carboxylic acids is 1. The first-order valence-corrected chi connectivity index (χ1v) is 8.09. The van der Waals surface area contributed by atoms with Crippen molar-refractivity contribution >= 4 is 6.03 Å². The van der Waals surface area contributed by atoms with Crippen LogP contribution in [0.2, 0.25) is 0 Å². The third kappa shape index (κ3) is 5.73. The molecule has 0 spiro atoms. The molecule has 0 radical (unpaired) electrons. The molecule has 2 rings (SSSR count). The lowest BCUT2D eigenvalue weighted by molar-refractivity contribution is -0.0928. The Balaban J connectivity index is 1.81. The van der Waals surface area contributed by atoms with Crippen molar-refractivity contribution in [1.82, 2.24) is 10.2 Å². The second kappa shape index (κ2) is 9.37. The molecule has 0 bridgehead atoms. The Morgan fingerprint density at radius 3 is 2.96 bits per heavy atom. The molecule has 2 amide bonds. The summed E-state index contributed by atoms with van der Waals surface area (Å²) < 4.78 is 16.6. The van der Waals surface area contributed by atoms with Crippen LogP contribution in [-0.4, -0.2) is 57.1 Å². The van der Waals surface area contributed by atoms with Gasteiger partial charge in [0.25, 0.3) is 0 Å². The number of amides is 2. The van der Waals surface area contributed by atoms with E-state index in [0.29, 0.717) is 39.5 Å². The number of rotatable bonds is 7. The van der Waals surface area contributed by atoms with Gasteiger partial charge in [-0.3, -0.25) is 0 Å². The summed E-state index contributed by atoms with van der Waals surface area (Å²) in [4.78, 5) is 13.8. The quantitative estimate of drug-likeness (QED) is 0.834. The summed E-state index contributed by atoms with van der Waals surface area (Å²) in [6, 6.07) is 7.63. The number of urea groups is 1. The van der Waals surface area contributed by atoms with E-state index in [1.807, 2.05) is 24.3 Å². The normalized spacial score (nSPS) is 17.6. The first kappa shape index (κ1) is 17.6. The molecule has 6 nitrogen and oxygen atoms in total. The molecule has 1 aliphatic heterocycles. The van der Waals surface area contributed by atoms with E-state index in [1.165, 1.54) is 0 Å². The largest absolute Gasteiger partial charge is 0.493 e. The molecule has 23 heavy (non-hydrogen) atoms. The van der Waals surface area contributed by atoms with Crippen LogP contribution in [0.15, 0.2) is 24.3 Å². The number of nitrogens with one attached hydrogen (secondary N) is 1. The minimum absolute atomic E-state index is 0.0559. The number of likely N-dealkylation sites (N-methyl/N-ethyl adjacent to an activating group) is 1. The van der Waals surface area contributed by atoms with E-state index in [9.17, 15) is 4.79 Å². The number of benzene rings is 1. The molecule has 1 N–H and O–H groups in total. The maximum absolute atomic E-state index is 12.2. The maximum Gasteiger partial charge on any atom is 0.317 e. The summed E-state index contributed by atoms with van der Waals surface area (Å²) in [5, 5.41) is 2.92. The lowest BCUT2D eigenvalue weighted by Gasteiger charge is -2.27. The molecular weight excluding hydrogens is 296 g/mol. The van der Waals surface area contributed by atoms with Gasteiger partial charge in [0.1, 0.15) is 5.75 Å². The van der Waals surface area contributed by atoms with Gasteiger partial charge in [-0.2, -0.15) is 0 Å². The summed E-state index contributed by atoms with van der Waals surface area (Å²) in [6.07, 6.45) is 0.895. The lowest BCUT2D eigenvalue weighted by atomic mass is 10.2. The van der Waals surface area contributed by atoms with Gasteiger partial charge in [-0.1, -0.05) is 25.1 Å². The zero-order valence-corrected chi connectivity index (χ0v) is 13.9. The molecule has 1 aromatic carbocycles. The van der Waals surface area contributed by atoms with Crippen molar-refractivity contribution in [1.29, 1.82) is 0 Å². The van der Waals surface area contributed by atoms with Crippen LogP contribution < -0.4 is 10.1 Å². The standard InChI is InChI=1S/C17H26N2O4/c1-3-8-23-16-7-5-4-6-14(16)11-18-17(20)19(2)12-15-13-21-9-10-22-15/h4-7,15H,3,8-13H2,1-2H3,(H,18,20). The van der Waals surface area contributed by atoms with Gasteiger partial charge in [-0.05, 0) is 12.5 Å². The molecule has 1 aliphatic rings. The van der Waals surface area contributed by atoms with E-state index in [0.717, 1.165) is 17.7 Å². The smallest absolute Gasteiger partial charge is 0.317 e. The van der Waals surface area contributed by atoms with Crippen molar-refractivity contribution in [2.45, 2.75) is 26.0 Å². The van der Waals surface area contributed by atoms with Crippen LogP contribution in [0.1, 0.15) is 18.9 Å². The fourth-order valence-electron chi connectivity index (χ4n) is 2.34. The number of hydrogen-bond acceptors (Lipinski definition) is 4. The molecule has 1 aromatic rings. The highest BCUT2D eigenvalue weighted by atomic mass is 16.6. The third-order valence-corrected chi connectivity index (χ3v) is 3.57. The van der Waals surface area contributed by atoms with Gasteiger partial charge in [-0.25, -0.2) is 4.79 Å². The first-order chi connectivity index (χ1) is 11.2. The van der Waals surface area contributed by atoms with Crippen LogP contribution in [0.4, 0.5) is 4.79 Å². The fraction of sp³-hybridized carbons (Fsp3) is 0.588. The predicted octanol–water partition coefficient (Wildman–Crippen LogP) is 2.03. The predicted molar refractivity (Wildman–Crippen MR) is 87.7 cm³/mol. The molecule has 0 saturated carbocycles. The number of carbonyl (C=O) groups is 1. The van der Waals surface area contributed by atoms with Gasteiger partial charge in [0, 0.05) is 19.2 Å². The summed E-state index contributed by atoms with van der Waals surface area (Å²) in [5.74, 6) is 0.821. The van der Waals surface area contributed by atoms with Gasteiger partial charge >= 0.3 is 6.03 Å². The Hall–Kier alpha value is -1.79. The molecule has 1 unspecified atom stereocenters. The van der Waals surface area contributed by atoms with Gasteiger partial charge in [0.05, 0.1) is 39.1 Å². The van der Waals surface area contributed by atoms with E-state index in [1.54, 1.807) is 11.9 Å². The number of nitrogens with zero attached hydrogens (tertiary/aromatic N) is 1. The van der Waals surface area contributed by atoms with E-state index < -0.39 is 0 Å². The SMILES string of the molecule is CCCOc1ccccc1CNC(=O)N(C)CC1COCCO1. The van der Waals surface area contributed by atoms with Crippen LogP contribution >= 0.6 is 0 Å². The average Bonchev–Trinajstić information content (AvgIpc) is 2.59. The summed E-state index contributed by atoms with van der Waals surface area (Å²) >= 11 is 0. The van der Waals surface area contributed by atoms with Crippen molar-refractivity contribution in [3.8, 4) is 5.75 Å². The monoisotopic (exact) mass is 322 g/mol. The maximum atomic E-state index is 12.2. The van der Waals surface area contributed by atoms with Crippen LogP contribution in [0.3, 0.4) is 0 Å². The summed E-state index contributed by atoms with van der Waals surface area (Å²) in [5.41, 5.74) is 0.972. The van der Waals surface area contributed by atoms with Crippen molar-refractivity contribution < 1.29 is 19.0 Å². The average molecular weight is 322 g/mol. The molecule has 1 fully saturated rings. The molecule has 128 valence electrons. The summed E-state index contributed by atoms with van der Waals surface area (Å²) in [6.45, 7) is 5.43. The van der Waals surface area contributed by atoms with Crippen LogP contribution in [0.5, 0.6) is 5.75 Å². The highest BCUT2D eigenvalue weighted by Crippen LogP contribution is 2.18. The van der Waals surface area contributed by atoms with Crippen LogP contribution in [0, 0.1) is 0 Å². The Bertz CT molecular complexity index is 489. The highest BCUT2D eigenvalue weighted by Gasteiger charge is 2.19. The van der Waals surface area contributed by atoms with Crippen molar-refractivity contribution in [3.63, 3.8) is 0 Å². The number of ether oxygens (including phenoxy) is 3. The third-order valence-electron chi connectivity index (χ3n) is 3.57. The molecular formula is C17H26N2O4. The van der Waals surface area contributed by atoms with Crippen LogP contribution in [0.25, 0.3) is 0 Å². The summed E-state index contributed by atoms with van der Waals surface area (Å²) in [7, 11) is 1.76. The molecule has 0 aliphatic carbocycles. The molecule has 1 atom stereocenters. The Labute approximate surface area is 137 Å². The van der Waals surface area contributed by atoms with Gasteiger partial charge in [-0.15, -0.1) is 0 Å². The lowest BCUT2D eigenvalue weighted by Crippen LogP contribution is -2.44. The van der Waals surface area contributed by atoms with Crippen molar-refractivity contribution in [2.75, 3.05) is 40.0 Å². The zero-order chi connectivity index (χ0) is 16.5. The Morgan fingerprint density at radius 1 is 1.39 bits per heavy atom. The Kier molecular flexibility index (Phi) is 7.16. The Morgan fingerprint density at radius 2 is 2.22 bits per heavy atom. The molecule has 0 aromatic heterocycles. The first-order valence-electron chi connectivity index (χ1n) is 8.09. The van der Waals surface area contributed by atoms with Gasteiger partial charge < -0.3 is 24.4 Å². The van der Waals surface area contributed by atoms with Crippen molar-refractivity contribution in [2.24, 2.45) is 0 Å². The zero-order valence-electron chi connectivity index (χ0n) is 13.9. The second-order valence-electron chi connectivity index (χ2n) is 5.56. The van der Waals surface area contributed by atoms with E-state index in [2.05, 4.69) is 12.2 Å². The topological polar surface area (TPSA) is 60.0 Å². The van der Waals surface area contributed by atoms with E-state index in [-0.39, 0.29) is 12.1 Å². The minimum Gasteiger partial charge on any atom is -0.493 e. The highest BCUT2D eigenvalue weighted by molar-refractivity contribution is 5.74. The van der Waals surface area contributed by atoms with E-state index in [4.69, 9.17) is 14.2 Å². The molecule has 6 heteroatoms. The second-order valence-corrected chi connectivity index (χ2v) is 5.56. The fourth-order valence-corrected chi connectivity index (χ4v) is 2.34. The van der Waals surface area contributed by atoms with E-state index >= 15 is 0 Å².